The van der Waals surface area contributed by atoms with E-state index < -0.39 is 0 Å². The molecule has 0 radical (unpaired) electrons. The number of benzene rings is 4. The molecule has 6 aromatic rings. The first kappa shape index (κ1) is 13.5. The zero-order valence-corrected chi connectivity index (χ0v) is 16.2. The molecule has 0 unspecified atom stereocenters. The first-order valence-electron chi connectivity index (χ1n) is 8.03. The number of hydrogen-bond donors (Lipinski definition) is 0. The molecule has 4 aromatic carbocycles. The molecule has 0 saturated carbocycles. The third-order valence-corrected chi connectivity index (χ3v) is 10.4. The van der Waals surface area contributed by atoms with E-state index in [9.17, 15) is 0 Å². The molecule has 6 rings (SSSR count). The van der Waals surface area contributed by atoms with Crippen LogP contribution in [0.5, 0.6) is 0 Å². The fraction of sp³-hybridized carbons (Fsp3) is 0. The molecule has 112 valence electrons. The van der Waals surface area contributed by atoms with Gasteiger partial charge in [-0.3, -0.25) is 0 Å². The van der Waals surface area contributed by atoms with Crippen molar-refractivity contribution >= 4 is 78.4 Å². The molecule has 0 aliphatic rings. The predicted molar refractivity (Wildman–Crippen MR) is 108 cm³/mol. The Bertz CT molecular complexity index is 1290. The van der Waals surface area contributed by atoms with E-state index in [1.54, 1.807) is 17.0 Å². The average molecular weight is 434 g/mol. The van der Waals surface area contributed by atoms with E-state index in [2.05, 4.69) is 72.8 Å². The zero-order chi connectivity index (χ0) is 15.7. The second-order valence-corrected chi connectivity index (χ2v) is 10.7. The summed E-state index contributed by atoms with van der Waals surface area (Å²) in [5.74, 6) is 0. The predicted octanol–water partition coefficient (Wildman–Crippen LogP) is 5.57. The van der Waals surface area contributed by atoms with Gasteiger partial charge in [0, 0.05) is 0 Å². The van der Waals surface area contributed by atoms with Crippen LogP contribution < -0.4 is 0 Å². The van der Waals surface area contributed by atoms with Gasteiger partial charge in [-0.05, 0) is 0 Å². The standard InChI is InChI=1S/C22H12Se2/c1-3-7-15-11-19-17(9-13(15)5-1)21-22(23-19)18-10-14-6-2-4-8-16(14)12-20(18)24-21/h1-12H. The van der Waals surface area contributed by atoms with Gasteiger partial charge in [0.25, 0.3) is 0 Å². The molecule has 2 heterocycles. The van der Waals surface area contributed by atoms with Gasteiger partial charge in [-0.25, -0.2) is 0 Å². The van der Waals surface area contributed by atoms with Crippen LogP contribution in [0, 0.1) is 0 Å². The fourth-order valence-electron chi connectivity index (χ4n) is 3.63. The van der Waals surface area contributed by atoms with Crippen LogP contribution in [0.1, 0.15) is 0 Å². The van der Waals surface area contributed by atoms with Gasteiger partial charge in [-0.1, -0.05) is 0 Å². The van der Waals surface area contributed by atoms with Gasteiger partial charge in [0.15, 0.2) is 0 Å². The van der Waals surface area contributed by atoms with Gasteiger partial charge >= 0.3 is 151 Å². The van der Waals surface area contributed by atoms with Crippen molar-refractivity contribution in [2.75, 3.05) is 0 Å². The topological polar surface area (TPSA) is 0 Å². The molecule has 0 saturated heterocycles. The van der Waals surface area contributed by atoms with Gasteiger partial charge in [-0.2, -0.15) is 0 Å². The molecule has 0 bridgehead atoms. The Morgan fingerprint density at radius 3 is 1.25 bits per heavy atom. The Balaban J connectivity index is 1.81. The Morgan fingerprint density at radius 2 is 0.833 bits per heavy atom. The normalized spacial score (nSPS) is 12.2. The summed E-state index contributed by atoms with van der Waals surface area (Å²) in [6, 6.07) is 27.3. The summed E-state index contributed by atoms with van der Waals surface area (Å²) in [6.07, 6.45) is 0. The summed E-state index contributed by atoms with van der Waals surface area (Å²) >= 11 is 0.897. The van der Waals surface area contributed by atoms with Crippen molar-refractivity contribution < 1.29 is 0 Å². The van der Waals surface area contributed by atoms with E-state index in [1.807, 2.05) is 0 Å². The minimum atomic E-state index is 0.449. The summed E-state index contributed by atoms with van der Waals surface area (Å²) in [7, 11) is 0. The molecule has 0 atom stereocenters. The molecule has 2 heteroatoms. The summed E-state index contributed by atoms with van der Waals surface area (Å²) in [4.78, 5) is 0. The van der Waals surface area contributed by atoms with Gasteiger partial charge < -0.3 is 0 Å². The van der Waals surface area contributed by atoms with Gasteiger partial charge in [0.1, 0.15) is 0 Å². The minimum absolute atomic E-state index is 0.449. The van der Waals surface area contributed by atoms with Crippen molar-refractivity contribution in [3.8, 4) is 0 Å². The molecular formula is C22H12Se2. The van der Waals surface area contributed by atoms with E-state index in [0.717, 1.165) is 0 Å². The van der Waals surface area contributed by atoms with E-state index >= 15 is 0 Å². The van der Waals surface area contributed by atoms with Gasteiger partial charge in [0.05, 0.1) is 0 Å². The molecule has 0 N–H and O–H groups in total. The van der Waals surface area contributed by atoms with Crippen molar-refractivity contribution in [3.63, 3.8) is 0 Å². The maximum atomic E-state index is 2.43. The first-order chi connectivity index (χ1) is 11.9. The molecule has 0 spiro atoms. The molecule has 0 fully saturated rings. The van der Waals surface area contributed by atoms with Crippen molar-refractivity contribution in [1.82, 2.24) is 0 Å². The zero-order valence-electron chi connectivity index (χ0n) is 12.7. The van der Waals surface area contributed by atoms with Crippen LogP contribution in [-0.4, -0.2) is 29.0 Å². The van der Waals surface area contributed by atoms with Crippen LogP contribution in [0.4, 0.5) is 0 Å². The van der Waals surface area contributed by atoms with Crippen molar-refractivity contribution in [3.05, 3.63) is 72.8 Å². The Morgan fingerprint density at radius 1 is 0.458 bits per heavy atom. The molecule has 2 aromatic heterocycles. The second kappa shape index (κ2) is 4.85. The van der Waals surface area contributed by atoms with Crippen LogP contribution in [-0.2, 0) is 0 Å². The van der Waals surface area contributed by atoms with Crippen LogP contribution in [0.3, 0.4) is 0 Å². The quantitative estimate of drug-likeness (QED) is 0.275. The number of hydrogen-bond acceptors (Lipinski definition) is 0. The fourth-order valence-corrected chi connectivity index (χ4v) is 10.1. The number of rotatable bonds is 0. The van der Waals surface area contributed by atoms with Crippen molar-refractivity contribution in [2.45, 2.75) is 0 Å². The Hall–Kier alpha value is -1.82. The van der Waals surface area contributed by atoms with Crippen molar-refractivity contribution in [2.24, 2.45) is 0 Å². The molecule has 0 aliphatic heterocycles. The maximum absolute atomic E-state index is 2.43. The third-order valence-electron chi connectivity index (χ3n) is 4.82. The van der Waals surface area contributed by atoms with Crippen LogP contribution in [0.2, 0.25) is 0 Å². The first-order valence-corrected chi connectivity index (χ1v) is 11.5. The van der Waals surface area contributed by atoms with Crippen LogP contribution in [0.25, 0.3) is 49.4 Å². The van der Waals surface area contributed by atoms with E-state index in [4.69, 9.17) is 0 Å². The Labute approximate surface area is 150 Å². The summed E-state index contributed by atoms with van der Waals surface area (Å²) in [5, 5.41) is 8.57. The van der Waals surface area contributed by atoms with E-state index in [0.29, 0.717) is 29.0 Å². The SMILES string of the molecule is c1ccc2cc3c(cc2c1)[se]c1c2cc4ccccc4cc2[se]c31. The van der Waals surface area contributed by atoms with E-state index in [1.165, 1.54) is 32.3 Å². The number of fused-ring (bicyclic) bond motifs is 7. The summed E-state index contributed by atoms with van der Waals surface area (Å²) < 4.78 is 6.45. The van der Waals surface area contributed by atoms with Crippen molar-refractivity contribution in [1.29, 1.82) is 0 Å². The average Bonchev–Trinajstić information content (AvgIpc) is 3.13. The van der Waals surface area contributed by atoms with Crippen LogP contribution >= 0.6 is 0 Å². The monoisotopic (exact) mass is 436 g/mol. The molecular weight excluding hydrogens is 422 g/mol. The van der Waals surface area contributed by atoms with Crippen LogP contribution in [0.15, 0.2) is 72.8 Å². The second-order valence-electron chi connectivity index (χ2n) is 6.25. The van der Waals surface area contributed by atoms with E-state index in [-0.39, 0.29) is 0 Å². The molecule has 24 heavy (non-hydrogen) atoms. The van der Waals surface area contributed by atoms with Gasteiger partial charge in [0.2, 0.25) is 0 Å². The summed E-state index contributed by atoms with van der Waals surface area (Å²) in [5.41, 5.74) is 0. The Kier molecular flexibility index (Phi) is 2.72. The molecule has 0 aliphatic carbocycles. The summed E-state index contributed by atoms with van der Waals surface area (Å²) in [6.45, 7) is 0. The third kappa shape index (κ3) is 1.80. The molecule has 0 amide bonds. The van der Waals surface area contributed by atoms with Gasteiger partial charge in [-0.15, -0.1) is 0 Å². The molecule has 0 nitrogen and oxygen atoms in total.